The van der Waals surface area contributed by atoms with Crippen molar-refractivity contribution in [2.75, 3.05) is 25.5 Å². The summed E-state index contributed by atoms with van der Waals surface area (Å²) in [5, 5.41) is 17.0. The molecule has 0 saturated carbocycles. The second-order valence-electron chi connectivity index (χ2n) is 4.78. The maximum atomic E-state index is 12.0. The van der Waals surface area contributed by atoms with Gasteiger partial charge in [0, 0.05) is 20.0 Å². The summed E-state index contributed by atoms with van der Waals surface area (Å²) >= 11 is 0. The van der Waals surface area contributed by atoms with Crippen molar-refractivity contribution in [1.29, 1.82) is 0 Å². The predicted molar refractivity (Wildman–Crippen MR) is 84.4 cm³/mol. The molecule has 8 nitrogen and oxygen atoms in total. The number of para-hydroxylation sites is 2. The molecule has 0 radical (unpaired) electrons. The van der Waals surface area contributed by atoms with Crippen LogP contribution in [0.5, 0.6) is 5.75 Å². The Labute approximate surface area is 134 Å². The molecule has 0 saturated heterocycles. The first kappa shape index (κ1) is 18.4. The Balaban J connectivity index is 2.53. The molecule has 8 heteroatoms. The first-order valence-corrected chi connectivity index (χ1v) is 7.07. The zero-order valence-corrected chi connectivity index (χ0v) is 13.1. The summed E-state index contributed by atoms with van der Waals surface area (Å²) in [6, 6.07) is 5.81. The third-order valence-corrected chi connectivity index (χ3v) is 2.96. The Hall–Kier alpha value is -2.61. The molecule has 0 aliphatic rings. The Bertz CT molecular complexity index is 562. The third-order valence-electron chi connectivity index (χ3n) is 2.96. The van der Waals surface area contributed by atoms with Crippen LogP contribution in [-0.2, 0) is 14.4 Å². The van der Waals surface area contributed by atoms with Crippen molar-refractivity contribution in [2.45, 2.75) is 19.4 Å². The second-order valence-corrected chi connectivity index (χ2v) is 4.78. The van der Waals surface area contributed by atoms with Gasteiger partial charge < -0.3 is 25.8 Å². The number of carbonyl (C=O) groups is 3. The number of hydrogen-bond acceptors (Lipinski definition) is 5. The van der Waals surface area contributed by atoms with Gasteiger partial charge in [-0.15, -0.1) is 0 Å². The topological polar surface area (TPSA) is 117 Å². The summed E-state index contributed by atoms with van der Waals surface area (Å²) in [6.45, 7) is 1.90. The summed E-state index contributed by atoms with van der Waals surface area (Å²) in [4.78, 5) is 33.9. The summed E-state index contributed by atoms with van der Waals surface area (Å²) in [6.07, 6.45) is -0.243. The van der Waals surface area contributed by atoms with Gasteiger partial charge in [-0.1, -0.05) is 12.1 Å². The lowest BCUT2D eigenvalue weighted by Gasteiger charge is -2.15. The molecule has 23 heavy (non-hydrogen) atoms. The van der Waals surface area contributed by atoms with Crippen molar-refractivity contribution in [3.8, 4) is 5.75 Å². The molecule has 0 spiro atoms. The van der Waals surface area contributed by atoms with Gasteiger partial charge in [0.25, 0.3) is 0 Å². The van der Waals surface area contributed by atoms with E-state index >= 15 is 0 Å². The van der Waals surface area contributed by atoms with Crippen LogP contribution in [0.25, 0.3) is 0 Å². The molecule has 4 N–H and O–H groups in total. The van der Waals surface area contributed by atoms with E-state index in [1.54, 1.807) is 24.3 Å². The lowest BCUT2D eigenvalue weighted by molar-refractivity contribution is -0.141. The van der Waals surface area contributed by atoms with Crippen LogP contribution < -0.4 is 20.7 Å². The summed E-state index contributed by atoms with van der Waals surface area (Å²) < 4.78 is 5.11. The van der Waals surface area contributed by atoms with Gasteiger partial charge >= 0.3 is 5.97 Å². The van der Waals surface area contributed by atoms with Gasteiger partial charge in [0.15, 0.2) is 0 Å². The number of carboxylic acids is 1. The first-order chi connectivity index (χ1) is 10.9. The van der Waals surface area contributed by atoms with Crippen molar-refractivity contribution in [1.82, 2.24) is 10.6 Å². The number of carboxylic acid groups (broad SMARTS) is 1. The Morgan fingerprint density at radius 1 is 1.22 bits per heavy atom. The fourth-order valence-electron chi connectivity index (χ4n) is 1.87. The molecule has 1 rings (SSSR count). The number of methoxy groups -OCH3 is 1. The van der Waals surface area contributed by atoms with Gasteiger partial charge in [-0.3, -0.25) is 14.4 Å². The van der Waals surface area contributed by atoms with Gasteiger partial charge in [-0.25, -0.2) is 0 Å². The van der Waals surface area contributed by atoms with Crippen LogP contribution in [0.1, 0.15) is 13.3 Å². The Morgan fingerprint density at radius 2 is 1.91 bits per heavy atom. The largest absolute Gasteiger partial charge is 0.495 e. The molecule has 1 aromatic rings. The molecule has 0 heterocycles. The van der Waals surface area contributed by atoms with E-state index in [9.17, 15) is 14.4 Å². The van der Waals surface area contributed by atoms with Crippen LogP contribution in [0.15, 0.2) is 24.3 Å². The number of amides is 2. The molecule has 0 aliphatic heterocycles. The van der Waals surface area contributed by atoms with Gasteiger partial charge in [0.1, 0.15) is 11.8 Å². The minimum absolute atomic E-state index is 0.201. The van der Waals surface area contributed by atoms with Crippen LogP contribution in [0.4, 0.5) is 5.69 Å². The summed E-state index contributed by atoms with van der Waals surface area (Å²) in [5.41, 5.74) is 0.474. The molecule has 2 amide bonds. The van der Waals surface area contributed by atoms with Crippen molar-refractivity contribution >= 4 is 23.5 Å². The number of nitrogens with one attached hydrogen (secondary N) is 3. The van der Waals surface area contributed by atoms with E-state index in [1.165, 1.54) is 14.0 Å². The Morgan fingerprint density at radius 3 is 2.52 bits per heavy atom. The molecule has 1 atom stereocenters. The van der Waals surface area contributed by atoms with E-state index in [0.717, 1.165) is 0 Å². The van der Waals surface area contributed by atoms with Crippen molar-refractivity contribution in [3.05, 3.63) is 24.3 Å². The average molecular weight is 323 g/mol. The number of carbonyl (C=O) groups excluding carboxylic acids is 2. The molecular formula is C15H21N3O5. The predicted octanol–water partition coefficient (Wildman–Crippen LogP) is 0.203. The van der Waals surface area contributed by atoms with Crippen LogP contribution in [-0.4, -0.2) is 49.1 Å². The molecule has 1 aromatic carbocycles. The molecule has 0 fully saturated rings. The van der Waals surface area contributed by atoms with Crippen molar-refractivity contribution in [3.63, 3.8) is 0 Å². The van der Waals surface area contributed by atoms with E-state index in [0.29, 0.717) is 11.4 Å². The number of ether oxygens (including phenoxy) is 1. The maximum absolute atomic E-state index is 12.0. The van der Waals surface area contributed by atoms with Crippen LogP contribution in [0, 0.1) is 0 Å². The van der Waals surface area contributed by atoms with Crippen molar-refractivity contribution < 1.29 is 24.2 Å². The monoisotopic (exact) mass is 323 g/mol. The van der Waals surface area contributed by atoms with Crippen LogP contribution in [0.3, 0.4) is 0 Å². The molecular weight excluding hydrogens is 302 g/mol. The molecule has 0 bridgehead atoms. The van der Waals surface area contributed by atoms with Crippen LogP contribution >= 0.6 is 0 Å². The highest BCUT2D eigenvalue weighted by atomic mass is 16.5. The highest BCUT2D eigenvalue weighted by molar-refractivity contribution is 5.95. The number of benzene rings is 1. The fourth-order valence-corrected chi connectivity index (χ4v) is 1.87. The SMILES string of the molecule is COc1ccccc1NC(=O)CC(NCCNC(C)=O)C(=O)O. The summed E-state index contributed by atoms with van der Waals surface area (Å²) in [7, 11) is 1.48. The van der Waals surface area contributed by atoms with E-state index in [2.05, 4.69) is 16.0 Å². The fraction of sp³-hybridized carbons (Fsp3) is 0.400. The maximum Gasteiger partial charge on any atom is 0.321 e. The van der Waals surface area contributed by atoms with E-state index < -0.39 is 17.9 Å². The third kappa shape index (κ3) is 6.79. The van der Waals surface area contributed by atoms with E-state index in [-0.39, 0.29) is 25.4 Å². The van der Waals surface area contributed by atoms with Gasteiger partial charge in [-0.2, -0.15) is 0 Å². The normalized spacial score (nSPS) is 11.4. The lowest BCUT2D eigenvalue weighted by Crippen LogP contribution is -2.43. The summed E-state index contributed by atoms with van der Waals surface area (Å²) in [5.74, 6) is -1.30. The van der Waals surface area contributed by atoms with Gasteiger partial charge in [0.2, 0.25) is 11.8 Å². The smallest absolute Gasteiger partial charge is 0.321 e. The quantitative estimate of drug-likeness (QED) is 0.483. The number of anilines is 1. The highest BCUT2D eigenvalue weighted by Crippen LogP contribution is 2.23. The standard InChI is InChI=1S/C15H21N3O5/c1-10(19)16-7-8-17-12(15(21)22)9-14(20)18-11-5-3-4-6-13(11)23-2/h3-6,12,17H,7-9H2,1-2H3,(H,16,19)(H,18,20)(H,21,22). The molecule has 126 valence electrons. The first-order valence-electron chi connectivity index (χ1n) is 7.07. The average Bonchev–Trinajstić information content (AvgIpc) is 2.50. The van der Waals surface area contributed by atoms with Gasteiger partial charge in [-0.05, 0) is 12.1 Å². The number of hydrogen-bond donors (Lipinski definition) is 4. The van der Waals surface area contributed by atoms with E-state index in [1.807, 2.05) is 0 Å². The van der Waals surface area contributed by atoms with E-state index in [4.69, 9.17) is 9.84 Å². The zero-order chi connectivity index (χ0) is 17.2. The number of rotatable bonds is 9. The van der Waals surface area contributed by atoms with Gasteiger partial charge in [0.05, 0.1) is 19.2 Å². The minimum Gasteiger partial charge on any atom is -0.495 e. The van der Waals surface area contributed by atoms with Crippen molar-refractivity contribution in [2.24, 2.45) is 0 Å². The lowest BCUT2D eigenvalue weighted by atomic mass is 10.2. The minimum atomic E-state index is -1.14. The number of aliphatic carboxylic acids is 1. The zero-order valence-electron chi connectivity index (χ0n) is 13.1. The second kappa shape index (κ2) is 9.42. The molecule has 0 aromatic heterocycles. The van der Waals surface area contributed by atoms with Crippen LogP contribution in [0.2, 0.25) is 0 Å². The molecule has 1 unspecified atom stereocenters. The Kier molecular flexibility index (Phi) is 7.55. The molecule has 0 aliphatic carbocycles. The highest BCUT2D eigenvalue weighted by Gasteiger charge is 2.21.